The third kappa shape index (κ3) is 5.53. The highest BCUT2D eigenvalue weighted by Gasteiger charge is 2.12. The first-order valence-corrected chi connectivity index (χ1v) is 9.33. The summed E-state index contributed by atoms with van der Waals surface area (Å²) in [4.78, 5) is 12.1. The van der Waals surface area contributed by atoms with Crippen LogP contribution in [0.2, 0.25) is 0 Å². The van der Waals surface area contributed by atoms with E-state index in [-0.39, 0.29) is 5.91 Å². The molecule has 0 fully saturated rings. The molecule has 1 aromatic heterocycles. The second kappa shape index (κ2) is 9.69. The molecule has 27 heavy (non-hydrogen) atoms. The number of rotatable bonds is 9. The van der Waals surface area contributed by atoms with E-state index in [0.29, 0.717) is 19.5 Å². The molecular formula is C22H26N4O. The monoisotopic (exact) mass is 362 g/mol. The van der Waals surface area contributed by atoms with Crippen molar-refractivity contribution in [2.45, 2.75) is 25.9 Å². The number of nitrogens with one attached hydrogen (secondary N) is 2. The summed E-state index contributed by atoms with van der Waals surface area (Å²) in [6.45, 7) is 2.03. The first kappa shape index (κ1) is 18.9. The highest BCUT2D eigenvalue weighted by atomic mass is 16.1. The third-order valence-electron chi connectivity index (χ3n) is 4.38. The van der Waals surface area contributed by atoms with E-state index in [1.165, 1.54) is 5.56 Å². The maximum absolute atomic E-state index is 12.1. The van der Waals surface area contributed by atoms with Crippen molar-refractivity contribution in [1.29, 1.82) is 0 Å². The zero-order chi connectivity index (χ0) is 18.9. The number of hydrogen-bond donors (Lipinski definition) is 2. The number of hydrogen-bond acceptors (Lipinski definition) is 3. The van der Waals surface area contributed by atoms with Crippen LogP contribution in [0.25, 0.3) is 11.3 Å². The van der Waals surface area contributed by atoms with E-state index in [9.17, 15) is 4.79 Å². The number of aromatic nitrogens is 2. The second-order valence-corrected chi connectivity index (χ2v) is 6.54. The Balaban J connectivity index is 1.75. The van der Waals surface area contributed by atoms with Crippen LogP contribution in [0.3, 0.4) is 0 Å². The summed E-state index contributed by atoms with van der Waals surface area (Å²) in [7, 11) is 1.89. The SMILES string of the molecule is CNCCCC(=O)NCc1cn(Cc2ccccc2)nc1-c1ccccc1. The normalized spacial score (nSPS) is 10.7. The summed E-state index contributed by atoms with van der Waals surface area (Å²) < 4.78 is 1.94. The molecule has 0 atom stereocenters. The lowest BCUT2D eigenvalue weighted by Crippen LogP contribution is -2.23. The molecule has 1 heterocycles. The van der Waals surface area contributed by atoms with Gasteiger partial charge in [0.05, 0.1) is 12.2 Å². The molecular weight excluding hydrogens is 336 g/mol. The van der Waals surface area contributed by atoms with E-state index in [0.717, 1.165) is 29.8 Å². The maximum Gasteiger partial charge on any atom is 0.220 e. The Morgan fingerprint density at radius 2 is 1.74 bits per heavy atom. The van der Waals surface area contributed by atoms with Crippen LogP contribution in [0.5, 0.6) is 0 Å². The van der Waals surface area contributed by atoms with Crippen molar-refractivity contribution >= 4 is 5.91 Å². The Labute approximate surface area is 160 Å². The number of amides is 1. The summed E-state index contributed by atoms with van der Waals surface area (Å²) in [6, 6.07) is 20.4. The number of carbonyl (C=O) groups excluding carboxylic acids is 1. The molecule has 5 heteroatoms. The van der Waals surface area contributed by atoms with Crippen molar-refractivity contribution < 1.29 is 4.79 Å². The van der Waals surface area contributed by atoms with Gasteiger partial charge < -0.3 is 10.6 Å². The molecule has 1 amide bonds. The summed E-state index contributed by atoms with van der Waals surface area (Å²) in [5, 5.41) is 10.9. The van der Waals surface area contributed by atoms with E-state index >= 15 is 0 Å². The van der Waals surface area contributed by atoms with Crippen molar-refractivity contribution in [2.24, 2.45) is 0 Å². The predicted octanol–water partition coefficient (Wildman–Crippen LogP) is 3.21. The van der Waals surface area contributed by atoms with E-state index in [1.807, 2.05) is 66.5 Å². The van der Waals surface area contributed by atoms with Crippen molar-refractivity contribution in [3.05, 3.63) is 78.0 Å². The van der Waals surface area contributed by atoms with Crippen LogP contribution in [-0.2, 0) is 17.9 Å². The van der Waals surface area contributed by atoms with Gasteiger partial charge in [-0.1, -0.05) is 60.7 Å². The molecule has 3 aromatic rings. The lowest BCUT2D eigenvalue weighted by Gasteiger charge is -2.05. The smallest absolute Gasteiger partial charge is 0.220 e. The van der Waals surface area contributed by atoms with Gasteiger partial charge in [-0.05, 0) is 25.6 Å². The van der Waals surface area contributed by atoms with Gasteiger partial charge in [0.15, 0.2) is 0 Å². The van der Waals surface area contributed by atoms with Crippen LogP contribution in [0.1, 0.15) is 24.0 Å². The molecule has 0 saturated heterocycles. The Morgan fingerprint density at radius 3 is 2.44 bits per heavy atom. The Morgan fingerprint density at radius 1 is 1.04 bits per heavy atom. The highest BCUT2D eigenvalue weighted by Crippen LogP contribution is 2.22. The Hall–Kier alpha value is -2.92. The van der Waals surface area contributed by atoms with Crippen LogP contribution < -0.4 is 10.6 Å². The van der Waals surface area contributed by atoms with E-state index in [2.05, 4.69) is 22.8 Å². The molecule has 2 aromatic carbocycles. The molecule has 0 bridgehead atoms. The molecule has 2 N–H and O–H groups in total. The van der Waals surface area contributed by atoms with E-state index < -0.39 is 0 Å². The lowest BCUT2D eigenvalue weighted by molar-refractivity contribution is -0.121. The lowest BCUT2D eigenvalue weighted by atomic mass is 10.1. The standard InChI is InChI=1S/C22H26N4O/c1-23-14-8-13-21(27)24-15-20-17-26(16-18-9-4-2-5-10-18)25-22(20)19-11-6-3-7-12-19/h2-7,9-12,17,23H,8,13-16H2,1H3,(H,24,27). The van der Waals surface area contributed by atoms with Gasteiger partial charge in [-0.15, -0.1) is 0 Å². The number of benzene rings is 2. The van der Waals surface area contributed by atoms with Gasteiger partial charge in [-0.3, -0.25) is 9.48 Å². The second-order valence-electron chi connectivity index (χ2n) is 6.54. The zero-order valence-electron chi connectivity index (χ0n) is 15.7. The first-order chi connectivity index (χ1) is 13.3. The van der Waals surface area contributed by atoms with Crippen molar-refractivity contribution in [1.82, 2.24) is 20.4 Å². The Bertz CT molecular complexity index is 843. The van der Waals surface area contributed by atoms with Gasteiger partial charge in [-0.2, -0.15) is 5.10 Å². The van der Waals surface area contributed by atoms with Crippen molar-refractivity contribution in [3.63, 3.8) is 0 Å². The van der Waals surface area contributed by atoms with Crippen LogP contribution in [0.4, 0.5) is 0 Å². The molecule has 0 aliphatic heterocycles. The molecule has 0 aliphatic carbocycles. The first-order valence-electron chi connectivity index (χ1n) is 9.33. The number of carbonyl (C=O) groups is 1. The molecule has 3 rings (SSSR count). The number of nitrogens with zero attached hydrogens (tertiary/aromatic N) is 2. The third-order valence-corrected chi connectivity index (χ3v) is 4.38. The minimum absolute atomic E-state index is 0.0695. The predicted molar refractivity (Wildman–Crippen MR) is 108 cm³/mol. The van der Waals surface area contributed by atoms with Crippen LogP contribution in [0, 0.1) is 0 Å². The molecule has 0 spiro atoms. The summed E-state index contributed by atoms with van der Waals surface area (Å²) in [5.41, 5.74) is 4.20. The molecule has 0 radical (unpaired) electrons. The fourth-order valence-corrected chi connectivity index (χ4v) is 2.99. The topological polar surface area (TPSA) is 59.0 Å². The fraction of sp³-hybridized carbons (Fsp3) is 0.273. The van der Waals surface area contributed by atoms with Gasteiger partial charge in [0, 0.05) is 30.3 Å². The molecule has 0 aliphatic rings. The summed E-state index contributed by atoms with van der Waals surface area (Å²) in [6.07, 6.45) is 3.39. The van der Waals surface area contributed by atoms with Crippen LogP contribution in [0.15, 0.2) is 66.9 Å². The maximum atomic E-state index is 12.1. The van der Waals surface area contributed by atoms with Gasteiger partial charge in [0.2, 0.25) is 5.91 Å². The largest absolute Gasteiger partial charge is 0.352 e. The van der Waals surface area contributed by atoms with Gasteiger partial charge in [0.1, 0.15) is 0 Å². The van der Waals surface area contributed by atoms with Crippen LogP contribution in [-0.4, -0.2) is 29.3 Å². The quantitative estimate of drug-likeness (QED) is 0.575. The highest BCUT2D eigenvalue weighted by molar-refractivity contribution is 5.76. The molecule has 0 saturated carbocycles. The molecule has 140 valence electrons. The van der Waals surface area contributed by atoms with Crippen molar-refractivity contribution in [3.8, 4) is 11.3 Å². The molecule has 0 unspecified atom stereocenters. The average Bonchev–Trinajstić information content (AvgIpc) is 3.11. The van der Waals surface area contributed by atoms with Gasteiger partial charge in [-0.25, -0.2) is 0 Å². The van der Waals surface area contributed by atoms with Crippen LogP contribution >= 0.6 is 0 Å². The van der Waals surface area contributed by atoms with Crippen molar-refractivity contribution in [2.75, 3.05) is 13.6 Å². The fourth-order valence-electron chi connectivity index (χ4n) is 2.99. The van der Waals surface area contributed by atoms with Gasteiger partial charge >= 0.3 is 0 Å². The average molecular weight is 362 g/mol. The van der Waals surface area contributed by atoms with Gasteiger partial charge in [0.25, 0.3) is 0 Å². The summed E-state index contributed by atoms with van der Waals surface area (Å²) >= 11 is 0. The summed E-state index contributed by atoms with van der Waals surface area (Å²) in [5.74, 6) is 0.0695. The zero-order valence-corrected chi connectivity index (χ0v) is 15.7. The Kier molecular flexibility index (Phi) is 6.77. The van der Waals surface area contributed by atoms with E-state index in [1.54, 1.807) is 0 Å². The minimum atomic E-state index is 0.0695. The minimum Gasteiger partial charge on any atom is -0.352 e. The van der Waals surface area contributed by atoms with E-state index in [4.69, 9.17) is 5.10 Å². The molecule has 5 nitrogen and oxygen atoms in total.